The Kier molecular flexibility index (Phi) is 7.95. The molecule has 8 nitrogen and oxygen atoms in total. The number of ether oxygens (including phenoxy) is 1. The van der Waals surface area contributed by atoms with Crippen LogP contribution in [0.3, 0.4) is 0 Å². The van der Waals surface area contributed by atoms with Gasteiger partial charge in [0.05, 0.1) is 38.2 Å². The molecule has 0 saturated heterocycles. The lowest BCUT2D eigenvalue weighted by atomic mass is 9.74. The Morgan fingerprint density at radius 1 is 1.12 bits per heavy atom. The van der Waals surface area contributed by atoms with Crippen molar-refractivity contribution < 1.29 is 18.8 Å². The lowest BCUT2D eigenvalue weighted by molar-refractivity contribution is -0.384. The Labute approximate surface area is 251 Å². The Bertz CT molecular complexity index is 1760. The molecule has 0 amide bonds. The Hall–Kier alpha value is -4.39. The van der Waals surface area contributed by atoms with Crippen LogP contribution in [0.4, 0.5) is 15.8 Å². The molecule has 1 aliphatic heterocycles. The molecule has 2 aliphatic rings. The summed E-state index contributed by atoms with van der Waals surface area (Å²) in [4.78, 5) is 25.9. The monoisotopic (exact) mass is 606 g/mol. The van der Waals surface area contributed by atoms with Crippen molar-refractivity contribution in [2.24, 2.45) is 5.73 Å². The zero-order valence-corrected chi connectivity index (χ0v) is 24.2. The van der Waals surface area contributed by atoms with E-state index in [1.54, 1.807) is 4.90 Å². The number of ketones is 1. The number of nitrogens with two attached hydrogens (primary N) is 1. The molecule has 0 bridgehead atoms. The standard InChI is InChI=1S/C31H25Cl2FN4O4/c1-16-10-17(2)21(11-18(16)15-42-28-9-6-19(34)12-24(28)33)29-22(14-35)31(36)37(26-4-3-5-27(39)30(26)29)25-8-7-20(38(40)41)13-23(25)32/h6-13,29H,3-5,15,36H2,1-2H3. The van der Waals surface area contributed by atoms with E-state index in [-0.39, 0.29) is 39.5 Å². The van der Waals surface area contributed by atoms with Crippen LogP contribution in [0, 0.1) is 41.1 Å². The first-order valence-corrected chi connectivity index (χ1v) is 13.8. The highest BCUT2D eigenvalue weighted by Crippen LogP contribution is 2.48. The summed E-state index contributed by atoms with van der Waals surface area (Å²) in [5.41, 5.74) is 11.3. The van der Waals surface area contributed by atoms with Crippen molar-refractivity contribution >= 4 is 40.4 Å². The molecule has 0 radical (unpaired) electrons. The first-order valence-electron chi connectivity index (χ1n) is 13.1. The second-order valence-corrected chi connectivity index (χ2v) is 11.0. The van der Waals surface area contributed by atoms with Crippen molar-refractivity contribution in [1.29, 1.82) is 5.26 Å². The van der Waals surface area contributed by atoms with Crippen LogP contribution in [0.5, 0.6) is 5.75 Å². The quantitative estimate of drug-likeness (QED) is 0.227. The number of nitro groups is 1. The molecule has 1 heterocycles. The van der Waals surface area contributed by atoms with Gasteiger partial charge in [-0.1, -0.05) is 35.3 Å². The molecule has 214 valence electrons. The van der Waals surface area contributed by atoms with E-state index in [2.05, 4.69) is 6.07 Å². The fourth-order valence-corrected chi connectivity index (χ4v) is 6.07. The van der Waals surface area contributed by atoms with Gasteiger partial charge in [0.1, 0.15) is 24.0 Å². The molecule has 1 aliphatic carbocycles. The summed E-state index contributed by atoms with van der Waals surface area (Å²) in [5, 5.41) is 21.9. The van der Waals surface area contributed by atoms with Gasteiger partial charge in [0.2, 0.25) is 0 Å². The zero-order valence-electron chi connectivity index (χ0n) is 22.7. The topological polar surface area (TPSA) is 122 Å². The average molecular weight is 607 g/mol. The Morgan fingerprint density at radius 2 is 1.88 bits per heavy atom. The van der Waals surface area contributed by atoms with Crippen molar-refractivity contribution in [3.8, 4) is 11.8 Å². The van der Waals surface area contributed by atoms with Crippen molar-refractivity contribution in [1.82, 2.24) is 0 Å². The highest BCUT2D eigenvalue weighted by Gasteiger charge is 2.41. The van der Waals surface area contributed by atoms with E-state index < -0.39 is 16.7 Å². The zero-order chi connectivity index (χ0) is 30.3. The number of carbonyl (C=O) groups excluding carboxylic acids is 1. The first-order chi connectivity index (χ1) is 20.0. The smallest absolute Gasteiger partial charge is 0.271 e. The third-order valence-corrected chi connectivity index (χ3v) is 8.21. The van der Waals surface area contributed by atoms with Crippen LogP contribution in [0.2, 0.25) is 10.0 Å². The molecule has 2 N–H and O–H groups in total. The highest BCUT2D eigenvalue weighted by molar-refractivity contribution is 6.33. The number of allylic oxidation sites excluding steroid dienone is 3. The van der Waals surface area contributed by atoms with Gasteiger partial charge < -0.3 is 10.5 Å². The molecular weight excluding hydrogens is 582 g/mol. The minimum Gasteiger partial charge on any atom is -0.487 e. The van der Waals surface area contributed by atoms with Crippen molar-refractivity contribution in [2.45, 2.75) is 45.6 Å². The Balaban J connectivity index is 1.63. The number of anilines is 1. The third-order valence-electron chi connectivity index (χ3n) is 7.61. The number of nitro benzene ring substituents is 1. The SMILES string of the molecule is Cc1cc(C)c(C2C(C#N)=C(N)N(c3ccc([N+](=O)[O-])cc3Cl)C3=C2C(=O)CCC3)cc1COc1ccc(F)cc1Cl. The molecule has 5 rings (SSSR count). The predicted molar refractivity (Wildman–Crippen MR) is 158 cm³/mol. The molecule has 42 heavy (non-hydrogen) atoms. The minimum atomic E-state index is -0.736. The van der Waals surface area contributed by atoms with Gasteiger partial charge in [-0.15, -0.1) is 0 Å². The van der Waals surface area contributed by atoms with Crippen LogP contribution in [0.15, 0.2) is 71.2 Å². The molecule has 1 unspecified atom stereocenters. The number of aryl methyl sites for hydroxylation is 2. The largest absolute Gasteiger partial charge is 0.487 e. The van der Waals surface area contributed by atoms with E-state index >= 15 is 0 Å². The summed E-state index contributed by atoms with van der Waals surface area (Å²) in [6.07, 6.45) is 1.37. The van der Waals surface area contributed by atoms with Crippen LogP contribution < -0.4 is 15.4 Å². The molecule has 3 aromatic carbocycles. The van der Waals surface area contributed by atoms with Crippen LogP contribution in [-0.2, 0) is 11.4 Å². The van der Waals surface area contributed by atoms with Gasteiger partial charge in [0.15, 0.2) is 5.78 Å². The number of carbonyl (C=O) groups is 1. The minimum absolute atomic E-state index is 0.0677. The number of halogens is 3. The maximum Gasteiger partial charge on any atom is 0.271 e. The number of nitriles is 1. The molecule has 3 aromatic rings. The lowest BCUT2D eigenvalue weighted by Crippen LogP contribution is -2.39. The summed E-state index contributed by atoms with van der Waals surface area (Å²) < 4.78 is 19.4. The van der Waals surface area contributed by atoms with Crippen molar-refractivity contribution in [3.05, 3.63) is 119 Å². The van der Waals surface area contributed by atoms with Crippen molar-refractivity contribution in [2.75, 3.05) is 4.90 Å². The summed E-state index contributed by atoms with van der Waals surface area (Å²) in [7, 11) is 0. The Morgan fingerprint density at radius 3 is 2.55 bits per heavy atom. The van der Waals surface area contributed by atoms with Crippen LogP contribution in [-0.4, -0.2) is 10.7 Å². The van der Waals surface area contributed by atoms with E-state index in [0.717, 1.165) is 22.3 Å². The van der Waals surface area contributed by atoms with Gasteiger partial charge in [-0.3, -0.25) is 19.8 Å². The number of hydrogen-bond donors (Lipinski definition) is 1. The number of non-ortho nitro benzene ring substituents is 1. The summed E-state index contributed by atoms with van der Waals surface area (Å²) in [5.74, 6) is -0.901. The second kappa shape index (κ2) is 11.5. The maximum atomic E-state index is 13.6. The van der Waals surface area contributed by atoms with Gasteiger partial charge >= 0.3 is 0 Å². The van der Waals surface area contributed by atoms with Crippen LogP contribution in [0.25, 0.3) is 0 Å². The molecule has 0 aromatic heterocycles. The molecule has 1 atom stereocenters. The summed E-state index contributed by atoms with van der Waals surface area (Å²) in [6.45, 7) is 3.94. The fraction of sp³-hybridized carbons (Fsp3) is 0.226. The molecule has 0 spiro atoms. The lowest BCUT2D eigenvalue weighted by Gasteiger charge is -2.40. The number of nitrogens with zero attached hydrogens (tertiary/aromatic N) is 3. The highest BCUT2D eigenvalue weighted by atomic mass is 35.5. The second-order valence-electron chi connectivity index (χ2n) is 10.2. The normalized spacial score (nSPS) is 16.8. The molecule has 0 saturated carbocycles. The molecule has 11 heteroatoms. The molecular formula is C31H25Cl2FN4O4. The van der Waals surface area contributed by atoms with Gasteiger partial charge in [-0.2, -0.15) is 5.26 Å². The average Bonchev–Trinajstić information content (AvgIpc) is 2.93. The third kappa shape index (κ3) is 5.20. The number of rotatable bonds is 6. The van der Waals surface area contributed by atoms with E-state index in [1.807, 2.05) is 26.0 Å². The number of benzene rings is 3. The van der Waals surface area contributed by atoms with E-state index in [4.69, 9.17) is 33.7 Å². The van der Waals surface area contributed by atoms with Crippen LogP contribution >= 0.6 is 23.2 Å². The van der Waals surface area contributed by atoms with Gasteiger partial charge in [0.25, 0.3) is 5.69 Å². The van der Waals surface area contributed by atoms with E-state index in [1.165, 1.54) is 36.4 Å². The van der Waals surface area contributed by atoms with Gasteiger partial charge in [-0.05, 0) is 73.2 Å². The first kappa shape index (κ1) is 29.1. The number of hydrogen-bond acceptors (Lipinski definition) is 7. The van der Waals surface area contributed by atoms with Crippen LogP contribution in [0.1, 0.15) is 47.4 Å². The van der Waals surface area contributed by atoms with Crippen molar-refractivity contribution in [3.63, 3.8) is 0 Å². The number of Topliss-reactive ketones (excluding diaryl/α,β-unsaturated/α-hetero) is 1. The summed E-state index contributed by atoms with van der Waals surface area (Å²) in [6, 6.07) is 14.0. The fourth-order valence-electron chi connectivity index (χ4n) is 5.59. The molecule has 0 fully saturated rings. The maximum absolute atomic E-state index is 13.6. The summed E-state index contributed by atoms with van der Waals surface area (Å²) >= 11 is 12.6. The van der Waals surface area contributed by atoms with Gasteiger partial charge in [0, 0.05) is 29.8 Å². The predicted octanol–water partition coefficient (Wildman–Crippen LogP) is 7.54. The van der Waals surface area contributed by atoms with E-state index in [9.17, 15) is 24.6 Å². The van der Waals surface area contributed by atoms with E-state index in [0.29, 0.717) is 42.0 Å². The van der Waals surface area contributed by atoms with Gasteiger partial charge in [-0.25, -0.2) is 4.39 Å².